The first kappa shape index (κ1) is 27.1. The molecule has 1 aliphatic carbocycles. The molecule has 1 aromatic carbocycles. The molecule has 1 heterocycles. The third kappa shape index (κ3) is 6.61. The number of aromatic nitrogens is 2. The number of aliphatic hydroxyl groups excluding tert-OH is 1. The molecule has 1 amide bonds. The first-order chi connectivity index (χ1) is 16.5. The zero-order valence-electron chi connectivity index (χ0n) is 20.1. The molecule has 1 saturated carbocycles. The maximum absolute atomic E-state index is 12.9. The molecule has 11 heteroatoms. The molecule has 35 heavy (non-hydrogen) atoms. The zero-order valence-corrected chi connectivity index (χ0v) is 20.8. The lowest BCUT2D eigenvalue weighted by Crippen LogP contribution is -2.33. The van der Waals surface area contributed by atoms with Crippen molar-refractivity contribution in [2.24, 2.45) is 11.8 Å². The van der Waals surface area contributed by atoms with Gasteiger partial charge in [-0.2, -0.15) is 18.3 Å². The minimum Gasteiger partial charge on any atom is -0.496 e. The van der Waals surface area contributed by atoms with E-state index >= 15 is 0 Å². The van der Waals surface area contributed by atoms with Gasteiger partial charge in [0.2, 0.25) is 0 Å². The van der Waals surface area contributed by atoms with Gasteiger partial charge in [-0.1, -0.05) is 31.4 Å². The number of amides is 1. The summed E-state index contributed by atoms with van der Waals surface area (Å²) in [4.78, 5) is 12.9. The average molecular weight is 517 g/mol. The second-order valence-corrected chi connectivity index (χ2v) is 9.49. The summed E-state index contributed by atoms with van der Waals surface area (Å²) in [7, 11) is 1.38. The molecule has 1 fully saturated rings. The van der Waals surface area contributed by atoms with Crippen molar-refractivity contribution in [2.45, 2.75) is 58.3 Å². The number of nitrogens with zero attached hydrogens (tertiary/aromatic N) is 2. The maximum atomic E-state index is 12.9. The monoisotopic (exact) mass is 516 g/mol. The van der Waals surface area contributed by atoms with Crippen LogP contribution >= 0.6 is 11.6 Å². The van der Waals surface area contributed by atoms with Crippen molar-refractivity contribution in [3.63, 3.8) is 0 Å². The van der Waals surface area contributed by atoms with Gasteiger partial charge in [-0.3, -0.25) is 9.48 Å². The smallest absolute Gasteiger partial charge is 0.408 e. The lowest BCUT2D eigenvalue weighted by molar-refractivity contribution is -0.138. The molecule has 3 N–H and O–H groups in total. The molecule has 0 radical (unpaired) electrons. The van der Waals surface area contributed by atoms with Crippen molar-refractivity contribution in [1.82, 2.24) is 15.1 Å². The molecule has 0 unspecified atom stereocenters. The summed E-state index contributed by atoms with van der Waals surface area (Å²) in [5.41, 5.74) is 1.00. The van der Waals surface area contributed by atoms with Crippen molar-refractivity contribution in [3.05, 3.63) is 28.9 Å². The Balaban J connectivity index is 1.86. The highest BCUT2D eigenvalue weighted by atomic mass is 35.5. The molecule has 0 spiro atoms. The van der Waals surface area contributed by atoms with E-state index in [4.69, 9.17) is 16.3 Å². The van der Waals surface area contributed by atoms with Gasteiger partial charge in [0.25, 0.3) is 5.91 Å². The molecule has 7 nitrogen and oxygen atoms in total. The number of rotatable bonds is 9. The summed E-state index contributed by atoms with van der Waals surface area (Å²) < 4.78 is 45.7. The van der Waals surface area contributed by atoms with Crippen LogP contribution in [-0.4, -0.2) is 53.3 Å². The molecule has 0 bridgehead atoms. The predicted octanol–water partition coefficient (Wildman–Crippen LogP) is 5.12. The van der Waals surface area contributed by atoms with Crippen LogP contribution in [0.15, 0.2) is 18.2 Å². The SMILES string of the molecule is COc1cc(N[C@H](C)C(F)(F)F)ccc1-c1c(Cl)c(C(=O)NCC2CCC(C)CC2)nn1CCO. The minimum atomic E-state index is -4.41. The van der Waals surface area contributed by atoms with Crippen molar-refractivity contribution in [2.75, 3.05) is 25.6 Å². The van der Waals surface area contributed by atoms with Crippen molar-refractivity contribution >= 4 is 23.2 Å². The van der Waals surface area contributed by atoms with Crippen LogP contribution in [0.1, 0.15) is 50.0 Å². The van der Waals surface area contributed by atoms with Gasteiger partial charge in [-0.15, -0.1) is 0 Å². The Bertz CT molecular complexity index is 1020. The lowest BCUT2D eigenvalue weighted by atomic mass is 9.83. The Hall–Kier alpha value is -2.46. The molecule has 1 aliphatic rings. The quantitative estimate of drug-likeness (QED) is 0.430. The number of ether oxygens (including phenoxy) is 1. The first-order valence-corrected chi connectivity index (χ1v) is 12.1. The number of anilines is 1. The third-order valence-corrected chi connectivity index (χ3v) is 6.80. The van der Waals surface area contributed by atoms with Crippen LogP contribution in [0.25, 0.3) is 11.3 Å². The molecule has 1 aromatic heterocycles. The van der Waals surface area contributed by atoms with Crippen molar-refractivity contribution in [3.8, 4) is 17.0 Å². The molecule has 2 aromatic rings. The van der Waals surface area contributed by atoms with Gasteiger partial charge in [-0.05, 0) is 43.7 Å². The van der Waals surface area contributed by atoms with E-state index in [1.807, 2.05) is 0 Å². The summed E-state index contributed by atoms with van der Waals surface area (Å²) in [6.45, 7) is 3.60. The minimum absolute atomic E-state index is 0.0224. The van der Waals surface area contributed by atoms with Gasteiger partial charge < -0.3 is 20.5 Å². The number of halogens is 4. The Morgan fingerprint density at radius 1 is 1.31 bits per heavy atom. The van der Waals surface area contributed by atoms with Crippen LogP contribution in [0.4, 0.5) is 18.9 Å². The summed E-state index contributed by atoms with van der Waals surface area (Å²) in [6, 6.07) is 2.68. The Labute approximate surface area is 208 Å². The van der Waals surface area contributed by atoms with E-state index in [1.54, 1.807) is 6.07 Å². The van der Waals surface area contributed by atoms with Gasteiger partial charge in [0.05, 0.1) is 31.0 Å². The lowest BCUT2D eigenvalue weighted by Gasteiger charge is -2.26. The average Bonchev–Trinajstić information content (AvgIpc) is 3.13. The highest BCUT2D eigenvalue weighted by molar-refractivity contribution is 6.36. The number of benzene rings is 1. The summed E-state index contributed by atoms with van der Waals surface area (Å²) in [6.07, 6.45) is -0.00708. The third-order valence-electron chi connectivity index (χ3n) is 6.44. The topological polar surface area (TPSA) is 88.4 Å². The van der Waals surface area contributed by atoms with Crippen LogP contribution in [0, 0.1) is 11.8 Å². The van der Waals surface area contributed by atoms with E-state index in [9.17, 15) is 23.1 Å². The van der Waals surface area contributed by atoms with Crippen molar-refractivity contribution in [1.29, 1.82) is 0 Å². The molecule has 0 aliphatic heterocycles. The number of methoxy groups -OCH3 is 1. The van der Waals surface area contributed by atoms with Gasteiger partial charge in [0, 0.05) is 23.9 Å². The number of alkyl halides is 3. The predicted molar refractivity (Wildman–Crippen MR) is 129 cm³/mol. The van der Waals surface area contributed by atoms with Crippen LogP contribution in [-0.2, 0) is 6.54 Å². The normalized spacial score (nSPS) is 19.3. The van der Waals surface area contributed by atoms with Gasteiger partial charge in [0.1, 0.15) is 11.8 Å². The van der Waals surface area contributed by atoms with Crippen LogP contribution in [0.2, 0.25) is 5.02 Å². The standard InChI is InChI=1S/C24H32ClF3N4O3/c1-14-4-6-16(7-5-14)13-29-23(34)21-20(25)22(32(31-21)10-11-33)18-9-8-17(12-19(18)35-3)30-15(2)24(26,27)28/h8-9,12,14-16,30,33H,4-7,10-11,13H2,1-3H3,(H,29,34)/t14?,15-,16?/m1/s1. The van der Waals surface area contributed by atoms with E-state index in [0.29, 0.717) is 29.6 Å². The van der Waals surface area contributed by atoms with Crippen LogP contribution in [0.3, 0.4) is 0 Å². The van der Waals surface area contributed by atoms with Gasteiger partial charge >= 0.3 is 6.18 Å². The van der Waals surface area contributed by atoms with E-state index < -0.39 is 18.1 Å². The zero-order chi connectivity index (χ0) is 25.8. The summed E-state index contributed by atoms with van der Waals surface area (Å²) in [5, 5.41) is 19.2. The summed E-state index contributed by atoms with van der Waals surface area (Å²) in [5.74, 6) is 0.949. The van der Waals surface area contributed by atoms with Crippen LogP contribution in [0.5, 0.6) is 5.75 Å². The fourth-order valence-corrected chi connectivity index (χ4v) is 4.58. The fourth-order valence-electron chi connectivity index (χ4n) is 4.26. The first-order valence-electron chi connectivity index (χ1n) is 11.7. The Kier molecular flexibility index (Phi) is 8.93. The number of hydrogen-bond donors (Lipinski definition) is 3. The van der Waals surface area contributed by atoms with E-state index in [-0.39, 0.29) is 35.3 Å². The molecular weight excluding hydrogens is 485 g/mol. The number of nitrogens with one attached hydrogen (secondary N) is 2. The number of carbonyl (C=O) groups excluding carboxylic acids is 1. The maximum Gasteiger partial charge on any atom is 0.408 e. The number of aliphatic hydroxyl groups is 1. The van der Waals surface area contributed by atoms with Gasteiger partial charge in [0.15, 0.2) is 5.69 Å². The fraction of sp³-hybridized carbons (Fsp3) is 0.583. The second kappa shape index (κ2) is 11.5. The molecule has 3 rings (SSSR count). The van der Waals surface area contributed by atoms with Crippen LogP contribution < -0.4 is 15.4 Å². The Morgan fingerprint density at radius 3 is 2.60 bits per heavy atom. The summed E-state index contributed by atoms with van der Waals surface area (Å²) >= 11 is 6.60. The van der Waals surface area contributed by atoms with E-state index in [2.05, 4.69) is 22.7 Å². The number of carbonyl (C=O) groups is 1. The molecular formula is C24H32ClF3N4O3. The highest BCUT2D eigenvalue weighted by Crippen LogP contribution is 2.39. The van der Waals surface area contributed by atoms with E-state index in [0.717, 1.165) is 32.6 Å². The Morgan fingerprint density at radius 2 is 2.00 bits per heavy atom. The van der Waals surface area contributed by atoms with Gasteiger partial charge in [-0.25, -0.2) is 0 Å². The number of hydrogen-bond acceptors (Lipinski definition) is 5. The highest BCUT2D eigenvalue weighted by Gasteiger charge is 2.36. The largest absolute Gasteiger partial charge is 0.496 e. The molecule has 0 saturated heterocycles. The van der Waals surface area contributed by atoms with Crippen molar-refractivity contribution < 1.29 is 27.8 Å². The second-order valence-electron chi connectivity index (χ2n) is 9.12. The molecule has 194 valence electrons. The molecule has 1 atom stereocenters. The van der Waals surface area contributed by atoms with E-state index in [1.165, 1.54) is 23.9 Å².